The fourth-order valence-corrected chi connectivity index (χ4v) is 0.736. The van der Waals surface area contributed by atoms with Gasteiger partial charge in [0.15, 0.2) is 12.2 Å². The molecule has 0 saturated heterocycles. The molecule has 1 aliphatic heterocycles. The van der Waals surface area contributed by atoms with Gasteiger partial charge in [-0.25, -0.2) is 4.39 Å². The van der Waals surface area contributed by atoms with Crippen molar-refractivity contribution in [2.24, 2.45) is 0 Å². The lowest BCUT2D eigenvalue weighted by Crippen LogP contribution is -2.41. The molecule has 3 nitrogen and oxygen atoms in total. The van der Waals surface area contributed by atoms with Crippen molar-refractivity contribution in [3.05, 3.63) is 24.1 Å². The zero-order chi connectivity index (χ0) is 8.32. The number of carbonyl (C=O) groups excluding carboxylic acids is 1. The van der Waals surface area contributed by atoms with Crippen LogP contribution in [0.3, 0.4) is 0 Å². The van der Waals surface area contributed by atoms with Gasteiger partial charge >= 0.3 is 0 Å². The first-order valence-corrected chi connectivity index (χ1v) is 3.07. The van der Waals surface area contributed by atoms with Gasteiger partial charge in [0.1, 0.15) is 0 Å². The van der Waals surface area contributed by atoms with E-state index in [1.54, 1.807) is 0 Å². The van der Waals surface area contributed by atoms with Crippen LogP contribution in [0.2, 0.25) is 0 Å². The SMILES string of the molecule is COC1=CC=CC(F)(C=O)N1. The van der Waals surface area contributed by atoms with Gasteiger partial charge < -0.3 is 10.1 Å². The first kappa shape index (κ1) is 7.78. The van der Waals surface area contributed by atoms with Crippen molar-refractivity contribution in [3.63, 3.8) is 0 Å². The molecule has 0 saturated carbocycles. The number of alkyl halides is 1. The van der Waals surface area contributed by atoms with Gasteiger partial charge in [-0.2, -0.15) is 0 Å². The lowest BCUT2D eigenvalue weighted by Gasteiger charge is -2.21. The number of rotatable bonds is 2. The highest BCUT2D eigenvalue weighted by atomic mass is 19.1. The third kappa shape index (κ3) is 1.58. The quantitative estimate of drug-likeness (QED) is 0.468. The van der Waals surface area contributed by atoms with Crippen LogP contribution in [-0.4, -0.2) is 19.2 Å². The fourth-order valence-electron chi connectivity index (χ4n) is 0.736. The molecular formula is C7H8FNO2. The highest BCUT2D eigenvalue weighted by Crippen LogP contribution is 2.13. The van der Waals surface area contributed by atoms with Crippen molar-refractivity contribution in [1.82, 2.24) is 5.32 Å². The zero-order valence-corrected chi connectivity index (χ0v) is 6.00. The lowest BCUT2D eigenvalue weighted by molar-refractivity contribution is -0.117. The summed E-state index contributed by atoms with van der Waals surface area (Å²) in [6.45, 7) is 0. The number of aldehydes is 1. The molecule has 1 heterocycles. The van der Waals surface area contributed by atoms with Gasteiger partial charge in [-0.15, -0.1) is 0 Å². The van der Waals surface area contributed by atoms with Gasteiger partial charge in [0.05, 0.1) is 7.11 Å². The second-order valence-corrected chi connectivity index (χ2v) is 2.11. The molecule has 0 aromatic carbocycles. The molecule has 4 heteroatoms. The minimum absolute atomic E-state index is 0.176. The Morgan fingerprint density at radius 3 is 3.09 bits per heavy atom. The van der Waals surface area contributed by atoms with E-state index in [4.69, 9.17) is 0 Å². The van der Waals surface area contributed by atoms with Gasteiger partial charge in [0, 0.05) is 0 Å². The van der Waals surface area contributed by atoms with Crippen molar-refractivity contribution in [1.29, 1.82) is 0 Å². The van der Waals surface area contributed by atoms with Gasteiger partial charge in [-0.05, 0) is 12.2 Å². The summed E-state index contributed by atoms with van der Waals surface area (Å²) in [5.74, 6) is -1.87. The third-order valence-corrected chi connectivity index (χ3v) is 1.29. The molecule has 1 rings (SSSR count). The van der Waals surface area contributed by atoms with Gasteiger partial charge in [-0.1, -0.05) is 6.08 Å². The summed E-state index contributed by atoms with van der Waals surface area (Å²) in [7, 11) is 1.39. The number of nitrogens with one attached hydrogen (secondary N) is 1. The Hall–Kier alpha value is -1.32. The number of carbonyl (C=O) groups is 1. The Bertz CT molecular complexity index is 224. The molecule has 0 aromatic rings. The second kappa shape index (κ2) is 2.74. The van der Waals surface area contributed by atoms with Crippen molar-refractivity contribution in [2.75, 3.05) is 7.11 Å². The maximum atomic E-state index is 13.1. The Kier molecular flexibility index (Phi) is 1.94. The largest absolute Gasteiger partial charge is 0.482 e. The van der Waals surface area contributed by atoms with Crippen LogP contribution in [0.15, 0.2) is 24.1 Å². The van der Waals surface area contributed by atoms with Gasteiger partial charge in [0.25, 0.3) is 5.79 Å². The van der Waals surface area contributed by atoms with Crippen molar-refractivity contribution < 1.29 is 13.9 Å². The third-order valence-electron chi connectivity index (χ3n) is 1.29. The molecular weight excluding hydrogens is 149 g/mol. The van der Waals surface area contributed by atoms with Crippen molar-refractivity contribution >= 4 is 6.29 Å². The average molecular weight is 157 g/mol. The van der Waals surface area contributed by atoms with Gasteiger partial charge in [0.2, 0.25) is 0 Å². The second-order valence-electron chi connectivity index (χ2n) is 2.11. The Morgan fingerprint density at radius 2 is 2.55 bits per heavy atom. The summed E-state index contributed by atoms with van der Waals surface area (Å²) in [6, 6.07) is 0. The van der Waals surface area contributed by atoms with E-state index in [1.165, 1.54) is 19.3 Å². The summed E-state index contributed by atoms with van der Waals surface area (Å²) in [5.41, 5.74) is 0. The Balaban J connectivity index is 2.76. The van der Waals surface area contributed by atoms with Gasteiger partial charge in [-0.3, -0.25) is 4.79 Å². The minimum atomic E-state index is -2.11. The minimum Gasteiger partial charge on any atom is -0.482 e. The molecule has 60 valence electrons. The normalized spacial score (nSPS) is 28.7. The predicted octanol–water partition coefficient (Wildman–Crippen LogP) is 0.498. The topological polar surface area (TPSA) is 38.3 Å². The van der Waals surface area contributed by atoms with Crippen LogP contribution < -0.4 is 5.32 Å². The number of ether oxygens (including phenoxy) is 1. The molecule has 1 atom stereocenters. The first-order valence-electron chi connectivity index (χ1n) is 3.07. The predicted molar refractivity (Wildman–Crippen MR) is 37.3 cm³/mol. The highest BCUT2D eigenvalue weighted by molar-refractivity contribution is 5.66. The van der Waals surface area contributed by atoms with Crippen LogP contribution in [0, 0.1) is 0 Å². The molecule has 1 N–H and O–H groups in total. The molecule has 11 heavy (non-hydrogen) atoms. The van der Waals surface area contributed by atoms with E-state index in [0.29, 0.717) is 0 Å². The molecule has 0 radical (unpaired) electrons. The molecule has 0 amide bonds. The molecule has 0 spiro atoms. The van der Waals surface area contributed by atoms with E-state index in [-0.39, 0.29) is 12.2 Å². The number of hydrogen-bond donors (Lipinski definition) is 1. The molecule has 0 aromatic heterocycles. The first-order chi connectivity index (χ1) is 5.20. The zero-order valence-electron chi connectivity index (χ0n) is 6.00. The number of allylic oxidation sites excluding steroid dienone is 2. The summed E-state index contributed by atoms with van der Waals surface area (Å²) >= 11 is 0. The van der Waals surface area contributed by atoms with E-state index >= 15 is 0 Å². The van der Waals surface area contributed by atoms with Crippen LogP contribution in [0.1, 0.15) is 0 Å². The van der Waals surface area contributed by atoms with Crippen LogP contribution in [0.4, 0.5) is 4.39 Å². The van der Waals surface area contributed by atoms with E-state index in [1.807, 2.05) is 0 Å². The van der Waals surface area contributed by atoms with Crippen LogP contribution in [-0.2, 0) is 9.53 Å². The van der Waals surface area contributed by atoms with Crippen LogP contribution in [0.25, 0.3) is 0 Å². The van der Waals surface area contributed by atoms with E-state index in [2.05, 4.69) is 10.1 Å². The Morgan fingerprint density at radius 1 is 1.82 bits per heavy atom. The molecule has 0 fully saturated rings. The Labute approximate surface area is 63.5 Å². The molecule has 0 bridgehead atoms. The molecule has 1 aliphatic rings. The number of halogens is 1. The lowest BCUT2D eigenvalue weighted by atomic mass is 10.2. The molecule has 0 aliphatic carbocycles. The van der Waals surface area contributed by atoms with Crippen molar-refractivity contribution in [3.8, 4) is 0 Å². The maximum Gasteiger partial charge on any atom is 0.257 e. The summed E-state index contributed by atoms with van der Waals surface area (Å²) in [6.07, 6.45) is 4.24. The fraction of sp³-hybridized carbons (Fsp3) is 0.286. The number of methoxy groups -OCH3 is 1. The maximum absolute atomic E-state index is 13.1. The summed E-state index contributed by atoms with van der Waals surface area (Å²) in [5, 5.41) is 2.25. The summed E-state index contributed by atoms with van der Waals surface area (Å²) in [4.78, 5) is 10.2. The number of hydrogen-bond acceptors (Lipinski definition) is 3. The highest BCUT2D eigenvalue weighted by Gasteiger charge is 2.28. The molecule has 1 unspecified atom stereocenters. The standard InChI is InChI=1S/C7H8FNO2/c1-11-6-3-2-4-7(8,5-10)9-6/h2-5,9H,1H3. The smallest absolute Gasteiger partial charge is 0.257 e. The number of dihydropyridines is 1. The van der Waals surface area contributed by atoms with E-state index < -0.39 is 5.79 Å². The average Bonchev–Trinajstić information content (AvgIpc) is 2.05. The van der Waals surface area contributed by atoms with E-state index in [0.717, 1.165) is 6.08 Å². The summed E-state index contributed by atoms with van der Waals surface area (Å²) < 4.78 is 17.7. The van der Waals surface area contributed by atoms with Crippen LogP contribution in [0.5, 0.6) is 0 Å². The van der Waals surface area contributed by atoms with E-state index in [9.17, 15) is 9.18 Å². The van der Waals surface area contributed by atoms with Crippen molar-refractivity contribution in [2.45, 2.75) is 5.79 Å². The van der Waals surface area contributed by atoms with Crippen LogP contribution >= 0.6 is 0 Å². The monoisotopic (exact) mass is 157 g/mol.